The van der Waals surface area contributed by atoms with Gasteiger partial charge in [-0.15, -0.1) is 0 Å². The fourth-order valence-electron chi connectivity index (χ4n) is 6.09. The van der Waals surface area contributed by atoms with E-state index in [1.54, 1.807) is 0 Å². The number of amides is 2. The van der Waals surface area contributed by atoms with Gasteiger partial charge in [-0.25, -0.2) is 0 Å². The van der Waals surface area contributed by atoms with Crippen LogP contribution in [0.2, 0.25) is 0 Å². The average Bonchev–Trinajstić information content (AvgIpc) is 2.71. The van der Waals surface area contributed by atoms with Crippen molar-refractivity contribution in [3.63, 3.8) is 0 Å². The molecule has 0 aromatic heterocycles. The van der Waals surface area contributed by atoms with Crippen molar-refractivity contribution in [1.82, 2.24) is 9.80 Å². The zero-order valence-electron chi connectivity index (χ0n) is 20.5. The highest BCUT2D eigenvalue weighted by molar-refractivity contribution is 5.82. The van der Waals surface area contributed by atoms with E-state index in [1.165, 1.54) is 0 Å². The standard InChI is InChI=1S/C26H46N2O2/c1-25(2,3)21-12-8-19(9-13-21)23(29)27-16-7-17-28(18-27)24(30)20-10-14-22(15-11-20)26(4,5)6/h19-22H,7-18H2,1-6H3. The first kappa shape index (κ1) is 23.6. The lowest BCUT2D eigenvalue weighted by Crippen LogP contribution is -2.53. The minimum atomic E-state index is 0.167. The Bertz CT molecular complexity index is 548. The zero-order valence-corrected chi connectivity index (χ0v) is 20.5. The van der Waals surface area contributed by atoms with Gasteiger partial charge in [0.15, 0.2) is 0 Å². The molecule has 0 atom stereocenters. The molecule has 3 rings (SSSR count). The Kier molecular flexibility index (Phi) is 7.24. The van der Waals surface area contributed by atoms with Gasteiger partial charge >= 0.3 is 0 Å². The van der Waals surface area contributed by atoms with Gasteiger partial charge in [0.05, 0.1) is 6.67 Å². The van der Waals surface area contributed by atoms with E-state index < -0.39 is 0 Å². The van der Waals surface area contributed by atoms with Crippen LogP contribution in [0.3, 0.4) is 0 Å². The molecule has 0 radical (unpaired) electrons. The van der Waals surface area contributed by atoms with Gasteiger partial charge in [-0.1, -0.05) is 41.5 Å². The van der Waals surface area contributed by atoms with Gasteiger partial charge in [0.1, 0.15) is 0 Å². The Labute approximate surface area is 185 Å². The molecular weight excluding hydrogens is 372 g/mol. The second-order valence-corrected chi connectivity index (χ2v) is 12.5. The van der Waals surface area contributed by atoms with E-state index in [1.807, 2.05) is 9.80 Å². The van der Waals surface area contributed by atoms with E-state index in [2.05, 4.69) is 41.5 Å². The van der Waals surface area contributed by atoms with Crippen LogP contribution in [-0.4, -0.2) is 41.4 Å². The summed E-state index contributed by atoms with van der Waals surface area (Å²) in [7, 11) is 0. The molecule has 0 bridgehead atoms. The van der Waals surface area contributed by atoms with Crippen molar-refractivity contribution in [2.45, 2.75) is 99.3 Å². The first-order chi connectivity index (χ1) is 14.0. The maximum Gasteiger partial charge on any atom is 0.227 e. The minimum Gasteiger partial charge on any atom is -0.325 e. The highest BCUT2D eigenvalue weighted by atomic mass is 16.2. The quantitative estimate of drug-likeness (QED) is 0.576. The fraction of sp³-hybridized carbons (Fsp3) is 0.923. The number of hydrogen-bond donors (Lipinski definition) is 0. The molecule has 172 valence electrons. The molecule has 30 heavy (non-hydrogen) atoms. The summed E-state index contributed by atoms with van der Waals surface area (Å²) in [4.78, 5) is 30.4. The van der Waals surface area contributed by atoms with Gasteiger partial charge in [0.2, 0.25) is 11.8 Å². The highest BCUT2D eigenvalue weighted by Crippen LogP contribution is 2.41. The lowest BCUT2D eigenvalue weighted by Gasteiger charge is -2.42. The number of carbonyl (C=O) groups excluding carboxylic acids is 2. The number of hydrogen-bond acceptors (Lipinski definition) is 2. The Balaban J connectivity index is 1.50. The van der Waals surface area contributed by atoms with Crippen molar-refractivity contribution < 1.29 is 9.59 Å². The third kappa shape index (κ3) is 5.59. The third-order valence-electron chi connectivity index (χ3n) is 8.42. The first-order valence-electron chi connectivity index (χ1n) is 12.5. The van der Waals surface area contributed by atoms with Crippen LogP contribution in [0.4, 0.5) is 0 Å². The molecule has 1 saturated heterocycles. The molecular formula is C26H46N2O2. The summed E-state index contributed by atoms with van der Waals surface area (Å²) in [6.07, 6.45) is 9.63. The molecule has 3 aliphatic rings. The molecule has 4 nitrogen and oxygen atoms in total. The van der Waals surface area contributed by atoms with Crippen molar-refractivity contribution in [2.75, 3.05) is 19.8 Å². The van der Waals surface area contributed by atoms with E-state index in [9.17, 15) is 9.59 Å². The van der Waals surface area contributed by atoms with Gasteiger partial charge in [-0.3, -0.25) is 9.59 Å². The average molecular weight is 419 g/mol. The maximum atomic E-state index is 13.2. The molecule has 0 aromatic rings. The van der Waals surface area contributed by atoms with Gasteiger partial charge < -0.3 is 9.80 Å². The van der Waals surface area contributed by atoms with Crippen LogP contribution in [0.5, 0.6) is 0 Å². The Hall–Kier alpha value is -1.06. The van der Waals surface area contributed by atoms with Gasteiger partial charge in [0.25, 0.3) is 0 Å². The van der Waals surface area contributed by atoms with Gasteiger partial charge in [-0.2, -0.15) is 0 Å². The summed E-state index contributed by atoms with van der Waals surface area (Å²) in [6.45, 7) is 16.1. The number of rotatable bonds is 2. The first-order valence-corrected chi connectivity index (χ1v) is 12.5. The molecule has 2 amide bonds. The van der Waals surface area contributed by atoms with E-state index in [4.69, 9.17) is 0 Å². The summed E-state index contributed by atoms with van der Waals surface area (Å²) >= 11 is 0. The summed E-state index contributed by atoms with van der Waals surface area (Å²) in [5.74, 6) is 2.39. The smallest absolute Gasteiger partial charge is 0.227 e. The van der Waals surface area contributed by atoms with E-state index in [0.717, 1.165) is 82.7 Å². The molecule has 0 spiro atoms. The highest BCUT2D eigenvalue weighted by Gasteiger charge is 2.38. The van der Waals surface area contributed by atoms with E-state index >= 15 is 0 Å². The molecule has 2 saturated carbocycles. The molecule has 0 aromatic carbocycles. The van der Waals surface area contributed by atoms with Crippen LogP contribution in [0, 0.1) is 34.5 Å². The molecule has 3 fully saturated rings. The van der Waals surface area contributed by atoms with Crippen molar-refractivity contribution in [1.29, 1.82) is 0 Å². The van der Waals surface area contributed by atoms with Gasteiger partial charge in [-0.05, 0) is 80.5 Å². The van der Waals surface area contributed by atoms with Crippen LogP contribution < -0.4 is 0 Å². The second-order valence-electron chi connectivity index (χ2n) is 12.5. The van der Waals surface area contributed by atoms with Crippen LogP contribution in [0.25, 0.3) is 0 Å². The summed E-state index contributed by atoms with van der Waals surface area (Å²) in [6, 6.07) is 0. The number of nitrogens with zero attached hydrogens (tertiary/aromatic N) is 2. The van der Waals surface area contributed by atoms with E-state index in [0.29, 0.717) is 29.3 Å². The molecule has 2 aliphatic carbocycles. The molecule has 1 aliphatic heterocycles. The third-order valence-corrected chi connectivity index (χ3v) is 8.42. The maximum absolute atomic E-state index is 13.2. The lowest BCUT2D eigenvalue weighted by molar-refractivity contribution is -0.149. The SMILES string of the molecule is CC(C)(C)C1CCC(C(=O)N2CCCN(C(=O)C3CCC(C(C)(C)C)CC3)C2)CC1. The van der Waals surface area contributed by atoms with Crippen LogP contribution in [-0.2, 0) is 9.59 Å². The lowest BCUT2D eigenvalue weighted by atomic mass is 9.69. The number of carbonyl (C=O) groups is 2. The summed E-state index contributed by atoms with van der Waals surface area (Å²) in [5.41, 5.74) is 0.683. The van der Waals surface area contributed by atoms with Crippen LogP contribution in [0.15, 0.2) is 0 Å². The topological polar surface area (TPSA) is 40.6 Å². The Morgan fingerprint density at radius 1 is 0.600 bits per heavy atom. The monoisotopic (exact) mass is 418 g/mol. The summed E-state index contributed by atoms with van der Waals surface area (Å²) < 4.78 is 0. The molecule has 0 unspecified atom stereocenters. The zero-order chi connectivity index (χ0) is 22.1. The molecule has 1 heterocycles. The Morgan fingerprint density at radius 3 is 1.23 bits per heavy atom. The van der Waals surface area contributed by atoms with Crippen molar-refractivity contribution in [3.8, 4) is 0 Å². The van der Waals surface area contributed by atoms with E-state index in [-0.39, 0.29) is 11.8 Å². The summed E-state index contributed by atoms with van der Waals surface area (Å²) in [5, 5.41) is 0. The van der Waals surface area contributed by atoms with Crippen LogP contribution in [0.1, 0.15) is 99.3 Å². The molecule has 4 heteroatoms. The fourth-order valence-corrected chi connectivity index (χ4v) is 6.09. The normalized spacial score (nSPS) is 31.5. The van der Waals surface area contributed by atoms with Crippen molar-refractivity contribution in [3.05, 3.63) is 0 Å². The Morgan fingerprint density at radius 2 is 0.933 bits per heavy atom. The van der Waals surface area contributed by atoms with Gasteiger partial charge in [0, 0.05) is 24.9 Å². The second kappa shape index (κ2) is 9.20. The largest absolute Gasteiger partial charge is 0.325 e. The van der Waals surface area contributed by atoms with Crippen molar-refractivity contribution in [2.24, 2.45) is 34.5 Å². The minimum absolute atomic E-state index is 0.167. The molecule has 0 N–H and O–H groups in total. The van der Waals surface area contributed by atoms with Crippen LogP contribution >= 0.6 is 0 Å². The predicted octanol–water partition coefficient (Wildman–Crippen LogP) is 5.71. The predicted molar refractivity (Wildman–Crippen MR) is 123 cm³/mol. The van der Waals surface area contributed by atoms with Crippen molar-refractivity contribution >= 4 is 11.8 Å².